The minimum Gasteiger partial charge on any atom is -0.399 e. The standard InChI is InChI=1S/C12H13N5O/c13-10-4-1-9(2-5-10)3-6-12(18)14-7-11-15-8-16-17-11/h1-6,8H,7,13H2,(H,14,18)(H,15,16,17)/b6-3+. The number of anilines is 1. The molecule has 0 fully saturated rings. The van der Waals surface area contributed by atoms with E-state index in [2.05, 4.69) is 20.5 Å². The number of aromatic nitrogens is 3. The van der Waals surface area contributed by atoms with Crippen molar-refractivity contribution in [1.82, 2.24) is 20.5 Å². The largest absolute Gasteiger partial charge is 0.399 e. The van der Waals surface area contributed by atoms with E-state index in [9.17, 15) is 4.79 Å². The molecule has 0 aliphatic carbocycles. The van der Waals surface area contributed by atoms with Crippen LogP contribution >= 0.6 is 0 Å². The van der Waals surface area contributed by atoms with Crippen LogP contribution in [-0.4, -0.2) is 21.1 Å². The highest BCUT2D eigenvalue weighted by Crippen LogP contribution is 2.06. The van der Waals surface area contributed by atoms with E-state index in [1.165, 1.54) is 12.4 Å². The minimum atomic E-state index is -0.191. The molecule has 0 saturated carbocycles. The molecule has 2 aromatic rings. The van der Waals surface area contributed by atoms with E-state index in [-0.39, 0.29) is 5.91 Å². The van der Waals surface area contributed by atoms with Crippen molar-refractivity contribution in [3.05, 3.63) is 48.1 Å². The molecule has 0 saturated heterocycles. The number of nitrogens with two attached hydrogens (primary N) is 1. The van der Waals surface area contributed by atoms with Gasteiger partial charge in [0.15, 0.2) is 0 Å². The highest BCUT2D eigenvalue weighted by Gasteiger charge is 1.98. The van der Waals surface area contributed by atoms with Crippen LogP contribution < -0.4 is 11.1 Å². The highest BCUT2D eigenvalue weighted by molar-refractivity contribution is 5.91. The summed E-state index contributed by atoms with van der Waals surface area (Å²) in [5.74, 6) is 0.424. The molecule has 0 atom stereocenters. The Kier molecular flexibility index (Phi) is 3.70. The second-order valence-electron chi connectivity index (χ2n) is 3.65. The summed E-state index contributed by atoms with van der Waals surface area (Å²) in [6.45, 7) is 0.324. The van der Waals surface area contributed by atoms with Crippen molar-refractivity contribution in [2.24, 2.45) is 0 Å². The number of amides is 1. The predicted molar refractivity (Wildman–Crippen MR) is 68.1 cm³/mol. The van der Waals surface area contributed by atoms with E-state index < -0.39 is 0 Å². The van der Waals surface area contributed by atoms with Crippen LogP contribution in [0.2, 0.25) is 0 Å². The van der Waals surface area contributed by atoms with Gasteiger partial charge in [0.2, 0.25) is 5.91 Å². The summed E-state index contributed by atoms with van der Waals surface area (Å²) >= 11 is 0. The van der Waals surface area contributed by atoms with Crippen LogP contribution in [0.5, 0.6) is 0 Å². The Morgan fingerprint density at radius 2 is 2.17 bits per heavy atom. The number of hydrogen-bond acceptors (Lipinski definition) is 4. The molecule has 0 aliphatic rings. The summed E-state index contributed by atoms with van der Waals surface area (Å²) in [4.78, 5) is 15.4. The molecule has 18 heavy (non-hydrogen) atoms. The Labute approximate surface area is 104 Å². The Bertz CT molecular complexity index is 530. The number of hydrogen-bond donors (Lipinski definition) is 3. The smallest absolute Gasteiger partial charge is 0.244 e. The lowest BCUT2D eigenvalue weighted by molar-refractivity contribution is -0.116. The fourth-order valence-corrected chi connectivity index (χ4v) is 1.32. The van der Waals surface area contributed by atoms with E-state index in [4.69, 9.17) is 5.73 Å². The van der Waals surface area contributed by atoms with Crippen LogP contribution in [0.3, 0.4) is 0 Å². The number of rotatable bonds is 4. The monoisotopic (exact) mass is 243 g/mol. The van der Waals surface area contributed by atoms with E-state index in [0.717, 1.165) is 5.56 Å². The van der Waals surface area contributed by atoms with Gasteiger partial charge in [-0.05, 0) is 23.8 Å². The molecule has 0 spiro atoms. The maximum Gasteiger partial charge on any atom is 0.244 e. The van der Waals surface area contributed by atoms with Gasteiger partial charge in [-0.1, -0.05) is 12.1 Å². The maximum atomic E-state index is 11.5. The van der Waals surface area contributed by atoms with Crippen LogP contribution in [0.25, 0.3) is 6.08 Å². The lowest BCUT2D eigenvalue weighted by Crippen LogP contribution is -2.20. The molecule has 0 unspecified atom stereocenters. The first-order valence-corrected chi connectivity index (χ1v) is 5.40. The normalized spacial score (nSPS) is 10.7. The van der Waals surface area contributed by atoms with Gasteiger partial charge in [0.05, 0.1) is 6.54 Å². The van der Waals surface area contributed by atoms with Crippen molar-refractivity contribution in [2.45, 2.75) is 6.54 Å². The maximum absolute atomic E-state index is 11.5. The number of nitrogen functional groups attached to an aromatic ring is 1. The number of benzene rings is 1. The summed E-state index contributed by atoms with van der Waals surface area (Å²) in [6.07, 6.45) is 4.57. The molecule has 0 aliphatic heterocycles. The Balaban J connectivity index is 1.85. The van der Waals surface area contributed by atoms with E-state index in [1.807, 2.05) is 12.1 Å². The summed E-state index contributed by atoms with van der Waals surface area (Å²) < 4.78 is 0. The second-order valence-corrected chi connectivity index (χ2v) is 3.65. The third-order valence-corrected chi connectivity index (χ3v) is 2.26. The third-order valence-electron chi connectivity index (χ3n) is 2.26. The van der Waals surface area contributed by atoms with Crippen molar-refractivity contribution in [2.75, 3.05) is 5.73 Å². The summed E-state index contributed by atoms with van der Waals surface area (Å²) in [5, 5.41) is 9.03. The van der Waals surface area contributed by atoms with Crippen molar-refractivity contribution in [3.8, 4) is 0 Å². The Hall–Kier alpha value is -2.63. The number of carbonyl (C=O) groups is 1. The first kappa shape index (κ1) is 11.8. The molecule has 0 radical (unpaired) electrons. The lowest BCUT2D eigenvalue weighted by Gasteiger charge is -1.98. The molecule has 1 amide bonds. The average Bonchev–Trinajstić information content (AvgIpc) is 2.89. The first-order valence-electron chi connectivity index (χ1n) is 5.40. The van der Waals surface area contributed by atoms with Crippen molar-refractivity contribution >= 4 is 17.7 Å². The van der Waals surface area contributed by atoms with E-state index >= 15 is 0 Å². The molecule has 2 rings (SSSR count). The Morgan fingerprint density at radius 1 is 1.39 bits per heavy atom. The highest BCUT2D eigenvalue weighted by atomic mass is 16.1. The van der Waals surface area contributed by atoms with Gasteiger partial charge in [-0.3, -0.25) is 9.89 Å². The molecule has 92 valence electrons. The number of aromatic amines is 1. The molecule has 1 aromatic carbocycles. The van der Waals surface area contributed by atoms with Gasteiger partial charge in [-0.2, -0.15) is 5.10 Å². The molecule has 1 aromatic heterocycles. The first-order chi connectivity index (χ1) is 8.74. The van der Waals surface area contributed by atoms with E-state index in [1.54, 1.807) is 18.2 Å². The average molecular weight is 243 g/mol. The predicted octanol–water partition coefficient (Wildman–Crippen LogP) is 0.716. The fraction of sp³-hybridized carbons (Fsp3) is 0.0833. The molecular formula is C12H13N5O. The van der Waals surface area contributed by atoms with Crippen LogP contribution in [0, 0.1) is 0 Å². The van der Waals surface area contributed by atoms with Crippen molar-refractivity contribution < 1.29 is 4.79 Å². The summed E-state index contributed by atoms with van der Waals surface area (Å²) in [7, 11) is 0. The number of nitrogens with zero attached hydrogens (tertiary/aromatic N) is 2. The van der Waals surface area contributed by atoms with Gasteiger partial charge in [0.25, 0.3) is 0 Å². The molecular weight excluding hydrogens is 230 g/mol. The SMILES string of the molecule is Nc1ccc(/C=C/C(=O)NCc2ncn[nH]2)cc1. The second kappa shape index (κ2) is 5.62. The van der Waals surface area contributed by atoms with Crippen LogP contribution in [0.15, 0.2) is 36.7 Å². The van der Waals surface area contributed by atoms with Gasteiger partial charge >= 0.3 is 0 Å². The molecule has 6 nitrogen and oxygen atoms in total. The van der Waals surface area contributed by atoms with Crippen molar-refractivity contribution in [1.29, 1.82) is 0 Å². The molecule has 6 heteroatoms. The third kappa shape index (κ3) is 3.44. The zero-order chi connectivity index (χ0) is 12.8. The quantitative estimate of drug-likeness (QED) is 0.544. The van der Waals surface area contributed by atoms with Gasteiger partial charge in [-0.15, -0.1) is 0 Å². The molecule has 0 bridgehead atoms. The zero-order valence-corrected chi connectivity index (χ0v) is 9.63. The van der Waals surface area contributed by atoms with Crippen LogP contribution in [0.1, 0.15) is 11.4 Å². The summed E-state index contributed by atoms with van der Waals surface area (Å²) in [5.41, 5.74) is 7.18. The summed E-state index contributed by atoms with van der Waals surface area (Å²) in [6, 6.07) is 7.25. The Morgan fingerprint density at radius 3 is 2.83 bits per heavy atom. The van der Waals surface area contributed by atoms with Gasteiger partial charge in [0.1, 0.15) is 12.2 Å². The van der Waals surface area contributed by atoms with E-state index in [0.29, 0.717) is 18.1 Å². The molecule has 1 heterocycles. The fourth-order valence-electron chi connectivity index (χ4n) is 1.32. The van der Waals surface area contributed by atoms with Crippen LogP contribution in [0.4, 0.5) is 5.69 Å². The lowest BCUT2D eigenvalue weighted by atomic mass is 10.2. The van der Waals surface area contributed by atoms with Gasteiger partial charge < -0.3 is 11.1 Å². The number of nitrogens with one attached hydrogen (secondary N) is 2. The number of H-pyrrole nitrogens is 1. The number of carbonyl (C=O) groups excluding carboxylic acids is 1. The van der Waals surface area contributed by atoms with Gasteiger partial charge in [-0.25, -0.2) is 4.98 Å². The topological polar surface area (TPSA) is 96.7 Å². The van der Waals surface area contributed by atoms with Crippen LogP contribution in [-0.2, 0) is 11.3 Å². The minimum absolute atomic E-state index is 0.191. The van der Waals surface area contributed by atoms with Crippen molar-refractivity contribution in [3.63, 3.8) is 0 Å². The molecule has 4 N–H and O–H groups in total. The zero-order valence-electron chi connectivity index (χ0n) is 9.63. The van der Waals surface area contributed by atoms with Gasteiger partial charge in [0, 0.05) is 11.8 Å².